The van der Waals surface area contributed by atoms with E-state index in [0.29, 0.717) is 13.0 Å². The number of hydrogen-bond donors (Lipinski definition) is 0. The molecule has 5 rings (SSSR count). The molecule has 1 unspecified atom stereocenters. The largest absolute Gasteiger partial charge is 0.462 e. The standard InChI is InChI=1S/C27H25O2P/c28-26-24(18-19-29-26)25-17-10-20-30(23-15-8-3-9-16-23)27(25,21-11-4-1-5-12-21)22-13-6-2-7-14-22/h1-9,11-16H,10,17-20H2. The summed E-state index contributed by atoms with van der Waals surface area (Å²) in [4.78, 5) is 12.8. The van der Waals surface area contributed by atoms with E-state index in [1.807, 2.05) is 0 Å². The molecule has 0 aromatic heterocycles. The van der Waals surface area contributed by atoms with E-state index in [2.05, 4.69) is 91.0 Å². The molecule has 0 aliphatic carbocycles. The van der Waals surface area contributed by atoms with Crippen molar-refractivity contribution in [2.24, 2.45) is 0 Å². The van der Waals surface area contributed by atoms with Gasteiger partial charge < -0.3 is 4.74 Å². The van der Waals surface area contributed by atoms with Crippen LogP contribution in [0.25, 0.3) is 0 Å². The van der Waals surface area contributed by atoms with Crippen LogP contribution in [0.3, 0.4) is 0 Å². The highest BCUT2D eigenvalue weighted by Gasteiger charge is 2.49. The summed E-state index contributed by atoms with van der Waals surface area (Å²) in [6.45, 7) is 0.501. The number of carbonyl (C=O) groups excluding carboxylic acids is 1. The number of rotatable bonds is 3. The minimum absolute atomic E-state index is 0.119. The van der Waals surface area contributed by atoms with Gasteiger partial charge in [0.25, 0.3) is 0 Å². The quantitative estimate of drug-likeness (QED) is 0.310. The molecule has 3 aromatic rings. The zero-order valence-electron chi connectivity index (χ0n) is 17.0. The van der Waals surface area contributed by atoms with Crippen molar-refractivity contribution < 1.29 is 9.53 Å². The third-order valence-electron chi connectivity index (χ3n) is 6.30. The molecule has 2 saturated heterocycles. The summed E-state index contributed by atoms with van der Waals surface area (Å²) in [5.41, 5.74) is 4.76. The number of ether oxygens (including phenoxy) is 1. The maximum Gasteiger partial charge on any atom is 0.334 e. The maximum absolute atomic E-state index is 12.8. The van der Waals surface area contributed by atoms with Crippen LogP contribution in [0.1, 0.15) is 30.4 Å². The van der Waals surface area contributed by atoms with Gasteiger partial charge in [-0.15, -0.1) is 0 Å². The Bertz CT molecular complexity index is 1020. The molecule has 2 fully saturated rings. The van der Waals surface area contributed by atoms with E-state index in [4.69, 9.17) is 4.74 Å². The van der Waals surface area contributed by atoms with Gasteiger partial charge in [-0.25, -0.2) is 4.79 Å². The van der Waals surface area contributed by atoms with Gasteiger partial charge in [0, 0.05) is 12.0 Å². The van der Waals surface area contributed by atoms with E-state index < -0.39 is 7.92 Å². The Morgan fingerprint density at radius 2 is 1.30 bits per heavy atom. The van der Waals surface area contributed by atoms with E-state index in [1.54, 1.807) is 0 Å². The highest BCUT2D eigenvalue weighted by molar-refractivity contribution is 7.67. The van der Waals surface area contributed by atoms with Crippen LogP contribution in [0.15, 0.2) is 102 Å². The van der Waals surface area contributed by atoms with Crippen LogP contribution in [-0.2, 0) is 14.7 Å². The second-order valence-electron chi connectivity index (χ2n) is 7.88. The molecule has 2 aliphatic rings. The highest BCUT2D eigenvalue weighted by Crippen LogP contribution is 2.67. The van der Waals surface area contributed by atoms with Crippen LogP contribution in [0.5, 0.6) is 0 Å². The molecular weight excluding hydrogens is 387 g/mol. The fraction of sp³-hybridized carbons (Fsp3) is 0.222. The molecule has 2 heterocycles. The third-order valence-corrected chi connectivity index (χ3v) is 9.58. The lowest BCUT2D eigenvalue weighted by atomic mass is 9.78. The Hall–Kier alpha value is -2.70. The molecule has 150 valence electrons. The van der Waals surface area contributed by atoms with Crippen LogP contribution < -0.4 is 5.30 Å². The number of carbonyl (C=O) groups is 1. The lowest BCUT2D eigenvalue weighted by Crippen LogP contribution is -2.37. The first-order valence-electron chi connectivity index (χ1n) is 10.6. The Morgan fingerprint density at radius 3 is 1.83 bits per heavy atom. The Labute approximate surface area is 179 Å². The van der Waals surface area contributed by atoms with Crippen LogP contribution in [0.2, 0.25) is 0 Å². The minimum atomic E-state index is -0.607. The number of hydrogen-bond acceptors (Lipinski definition) is 2. The summed E-state index contributed by atoms with van der Waals surface area (Å²) in [5.74, 6) is -0.119. The predicted molar refractivity (Wildman–Crippen MR) is 123 cm³/mol. The Morgan fingerprint density at radius 1 is 0.733 bits per heavy atom. The van der Waals surface area contributed by atoms with Gasteiger partial charge in [0.1, 0.15) is 0 Å². The van der Waals surface area contributed by atoms with Gasteiger partial charge in [0.05, 0.1) is 11.8 Å². The molecule has 1 atom stereocenters. The van der Waals surface area contributed by atoms with Crippen LogP contribution in [0, 0.1) is 0 Å². The lowest BCUT2D eigenvalue weighted by Gasteiger charge is -2.48. The van der Waals surface area contributed by atoms with Gasteiger partial charge in [-0.2, -0.15) is 0 Å². The molecule has 0 saturated carbocycles. The second kappa shape index (κ2) is 8.20. The molecule has 0 spiro atoms. The van der Waals surface area contributed by atoms with Crippen LogP contribution in [0.4, 0.5) is 0 Å². The zero-order valence-corrected chi connectivity index (χ0v) is 17.9. The number of benzene rings is 3. The smallest absolute Gasteiger partial charge is 0.334 e. The predicted octanol–water partition coefficient (Wildman–Crippen LogP) is 5.77. The van der Waals surface area contributed by atoms with Crippen molar-refractivity contribution in [2.75, 3.05) is 12.8 Å². The Kier molecular flexibility index (Phi) is 5.27. The van der Waals surface area contributed by atoms with Crippen LogP contribution in [-0.4, -0.2) is 18.7 Å². The molecule has 0 radical (unpaired) electrons. The monoisotopic (exact) mass is 412 g/mol. The molecular formula is C27H25O2P. The summed E-state index contributed by atoms with van der Waals surface area (Å²) in [5, 5.41) is 1.08. The first kappa shape index (κ1) is 19.3. The number of cyclic esters (lactones) is 1. The highest BCUT2D eigenvalue weighted by atomic mass is 31.1. The van der Waals surface area contributed by atoms with Crippen molar-refractivity contribution in [2.45, 2.75) is 24.4 Å². The number of esters is 1. The summed E-state index contributed by atoms with van der Waals surface area (Å²) >= 11 is 0. The summed E-state index contributed by atoms with van der Waals surface area (Å²) < 4.78 is 5.44. The van der Waals surface area contributed by atoms with Gasteiger partial charge in [-0.05, 0) is 41.0 Å². The maximum atomic E-state index is 12.8. The average molecular weight is 412 g/mol. The van der Waals surface area contributed by atoms with E-state index in [-0.39, 0.29) is 11.1 Å². The fourth-order valence-electron chi connectivity index (χ4n) is 5.12. The van der Waals surface area contributed by atoms with Gasteiger partial charge >= 0.3 is 5.97 Å². The molecule has 0 N–H and O–H groups in total. The lowest BCUT2D eigenvalue weighted by molar-refractivity contribution is -0.135. The van der Waals surface area contributed by atoms with E-state index in [1.165, 1.54) is 22.0 Å². The average Bonchev–Trinajstić information content (AvgIpc) is 3.25. The fourth-order valence-corrected chi connectivity index (χ4v) is 8.60. The molecule has 0 bridgehead atoms. The van der Waals surface area contributed by atoms with Crippen molar-refractivity contribution >= 4 is 19.2 Å². The van der Waals surface area contributed by atoms with Crippen molar-refractivity contribution in [3.63, 3.8) is 0 Å². The molecule has 3 aromatic carbocycles. The first-order chi connectivity index (χ1) is 14.8. The van der Waals surface area contributed by atoms with E-state index in [0.717, 1.165) is 24.6 Å². The third kappa shape index (κ3) is 3.11. The minimum Gasteiger partial charge on any atom is -0.462 e. The molecule has 0 amide bonds. The molecule has 2 aliphatic heterocycles. The Balaban J connectivity index is 1.87. The van der Waals surface area contributed by atoms with Crippen molar-refractivity contribution in [1.29, 1.82) is 0 Å². The second-order valence-corrected chi connectivity index (χ2v) is 10.4. The van der Waals surface area contributed by atoms with Crippen LogP contribution >= 0.6 is 7.92 Å². The summed E-state index contributed by atoms with van der Waals surface area (Å²) in [6, 6.07) is 32.6. The van der Waals surface area contributed by atoms with Gasteiger partial charge in [0.15, 0.2) is 0 Å². The summed E-state index contributed by atoms with van der Waals surface area (Å²) in [7, 11) is -0.607. The SMILES string of the molecule is O=C1OCCC1=C1CCCP(c2ccccc2)C1(c1ccccc1)c1ccccc1. The number of allylic oxidation sites excluding steroid dienone is 1. The molecule has 30 heavy (non-hydrogen) atoms. The van der Waals surface area contributed by atoms with Crippen molar-refractivity contribution in [3.05, 3.63) is 113 Å². The van der Waals surface area contributed by atoms with Crippen molar-refractivity contribution in [3.8, 4) is 0 Å². The summed E-state index contributed by atoms with van der Waals surface area (Å²) in [6.07, 6.45) is 3.91. The first-order valence-corrected chi connectivity index (χ1v) is 12.2. The zero-order chi connectivity index (χ0) is 20.4. The molecule has 3 heteroatoms. The topological polar surface area (TPSA) is 26.3 Å². The van der Waals surface area contributed by atoms with E-state index >= 15 is 0 Å². The van der Waals surface area contributed by atoms with Crippen molar-refractivity contribution in [1.82, 2.24) is 0 Å². The van der Waals surface area contributed by atoms with E-state index in [9.17, 15) is 4.79 Å². The van der Waals surface area contributed by atoms with Gasteiger partial charge in [0.2, 0.25) is 0 Å². The van der Waals surface area contributed by atoms with Gasteiger partial charge in [-0.3, -0.25) is 0 Å². The van der Waals surface area contributed by atoms with Gasteiger partial charge in [-0.1, -0.05) is 98.9 Å². The molecule has 2 nitrogen and oxygen atoms in total. The normalized spacial score (nSPS) is 23.2.